The Labute approximate surface area is 165 Å². The van der Waals surface area contributed by atoms with Crippen LogP contribution in [0.5, 0.6) is 0 Å². The number of benzene rings is 1. The smallest absolute Gasteiger partial charge is 0.302 e. The molecule has 0 aromatic heterocycles. The number of aryl methyl sites for hydroxylation is 2. The summed E-state index contributed by atoms with van der Waals surface area (Å²) in [6.45, 7) is 11.7. The molecule has 3 aliphatic heterocycles. The van der Waals surface area contributed by atoms with Crippen LogP contribution in [0.2, 0.25) is 0 Å². The highest BCUT2D eigenvalue weighted by atomic mass is 16.2. The van der Waals surface area contributed by atoms with E-state index in [4.69, 9.17) is 4.99 Å². The van der Waals surface area contributed by atoms with E-state index in [0.29, 0.717) is 5.96 Å². The first-order chi connectivity index (χ1) is 13.3. The van der Waals surface area contributed by atoms with Crippen molar-refractivity contribution in [2.24, 2.45) is 4.99 Å². The molecule has 3 atom stereocenters. The Morgan fingerprint density at radius 1 is 1.18 bits per heavy atom. The fraction of sp³-hybridized carbons (Fsp3) is 0.381. The van der Waals surface area contributed by atoms with Crippen LogP contribution < -0.4 is 4.90 Å². The van der Waals surface area contributed by atoms with Crippen molar-refractivity contribution in [2.45, 2.75) is 45.9 Å². The van der Waals surface area contributed by atoms with E-state index in [2.05, 4.69) is 38.6 Å². The number of allylic oxidation sites excluding steroid dienone is 1. The van der Waals surface area contributed by atoms with Crippen LogP contribution in [0.3, 0.4) is 0 Å². The van der Waals surface area contributed by atoms with Gasteiger partial charge in [0.15, 0.2) is 12.2 Å². The normalized spacial score (nSPS) is 24.9. The van der Waals surface area contributed by atoms with Crippen molar-refractivity contribution in [3.05, 3.63) is 53.9 Å². The van der Waals surface area contributed by atoms with Crippen LogP contribution in [0.15, 0.2) is 47.7 Å². The first-order valence-electron chi connectivity index (χ1n) is 9.40. The van der Waals surface area contributed by atoms with Crippen molar-refractivity contribution >= 4 is 23.6 Å². The third kappa shape index (κ3) is 2.38. The maximum Gasteiger partial charge on any atom is 0.328 e. The van der Waals surface area contributed by atoms with Gasteiger partial charge in [0.05, 0.1) is 6.04 Å². The topological polar surface area (TPSA) is 59.5 Å². The zero-order valence-corrected chi connectivity index (χ0v) is 16.9. The fourth-order valence-electron chi connectivity index (χ4n) is 3.98. The summed E-state index contributed by atoms with van der Waals surface area (Å²) in [4.78, 5) is 37.5. The molecule has 0 aliphatic carbocycles. The van der Waals surface area contributed by atoms with Gasteiger partial charge in [-0.05, 0) is 51.0 Å². The number of amides is 3. The van der Waals surface area contributed by atoms with Gasteiger partial charge in [0.25, 0.3) is 5.91 Å². The number of hydrogen-bond donors (Lipinski definition) is 0. The maximum absolute atomic E-state index is 13.2. The van der Waals surface area contributed by atoms with Crippen molar-refractivity contribution in [3.8, 4) is 0 Å². The lowest BCUT2D eigenvalue weighted by Crippen LogP contribution is -2.65. The summed E-state index contributed by atoms with van der Waals surface area (Å²) in [5, 5.41) is 0. The lowest BCUT2D eigenvalue weighted by molar-refractivity contribution is -0.137. The quantitative estimate of drug-likeness (QED) is 0.758. The number of rotatable bonds is 3. The Hall–Kier alpha value is -3.09. The van der Waals surface area contributed by atoms with Gasteiger partial charge in [0, 0.05) is 24.6 Å². The molecular weight excluding hydrogens is 354 g/mol. The van der Waals surface area contributed by atoms with Gasteiger partial charge in [-0.1, -0.05) is 12.1 Å². The van der Waals surface area contributed by atoms with E-state index in [9.17, 15) is 9.59 Å². The van der Waals surface area contributed by atoms with Gasteiger partial charge in [0.1, 0.15) is 0 Å². The van der Waals surface area contributed by atoms with Crippen LogP contribution in [0.1, 0.15) is 25.0 Å². The minimum Gasteiger partial charge on any atom is -0.302 e. The molecule has 1 aromatic rings. The first kappa shape index (κ1) is 18.3. The van der Waals surface area contributed by atoms with Crippen molar-refractivity contribution in [3.63, 3.8) is 0 Å². The number of likely N-dealkylation sites (N-methyl/N-ethyl adjacent to an activating group) is 1. The summed E-state index contributed by atoms with van der Waals surface area (Å²) >= 11 is 0. The summed E-state index contributed by atoms with van der Waals surface area (Å²) in [6, 6.07) is 4.96. The van der Waals surface area contributed by atoms with Crippen LogP contribution in [0.25, 0.3) is 0 Å². The highest BCUT2D eigenvalue weighted by molar-refractivity contribution is 6.10. The van der Waals surface area contributed by atoms with Gasteiger partial charge in [-0.2, -0.15) is 0 Å². The summed E-state index contributed by atoms with van der Waals surface area (Å²) in [6.07, 6.45) is 3.01. The van der Waals surface area contributed by atoms with Crippen molar-refractivity contribution < 1.29 is 9.59 Å². The molecule has 1 fully saturated rings. The van der Waals surface area contributed by atoms with E-state index < -0.39 is 12.2 Å². The molecule has 3 heterocycles. The Bertz CT molecular complexity index is 950. The second kappa shape index (κ2) is 6.22. The van der Waals surface area contributed by atoms with Gasteiger partial charge < -0.3 is 9.80 Å². The van der Waals surface area contributed by atoms with Crippen LogP contribution in [-0.4, -0.2) is 57.9 Å². The van der Waals surface area contributed by atoms with Crippen LogP contribution in [0, 0.1) is 13.8 Å². The van der Waals surface area contributed by atoms with Gasteiger partial charge in [-0.25, -0.2) is 9.79 Å². The number of carbonyl (C=O) groups is 2. The van der Waals surface area contributed by atoms with E-state index in [1.807, 2.05) is 22.9 Å². The highest BCUT2D eigenvalue weighted by Gasteiger charge is 2.55. The zero-order chi connectivity index (χ0) is 20.3. The monoisotopic (exact) mass is 379 g/mol. The third-order valence-corrected chi connectivity index (χ3v) is 5.83. The van der Waals surface area contributed by atoms with E-state index in [1.165, 1.54) is 16.0 Å². The average Bonchev–Trinajstić information content (AvgIpc) is 3.16. The molecular formula is C21H25N5O2. The van der Waals surface area contributed by atoms with Crippen molar-refractivity contribution in [2.75, 3.05) is 11.9 Å². The van der Waals surface area contributed by atoms with Crippen LogP contribution in [0.4, 0.5) is 10.5 Å². The Balaban J connectivity index is 1.75. The largest absolute Gasteiger partial charge is 0.328 e. The fourth-order valence-corrected chi connectivity index (χ4v) is 3.98. The van der Waals surface area contributed by atoms with E-state index in [1.54, 1.807) is 24.9 Å². The summed E-state index contributed by atoms with van der Waals surface area (Å²) in [7, 11) is 1.69. The van der Waals surface area contributed by atoms with Crippen molar-refractivity contribution in [1.29, 1.82) is 0 Å². The zero-order valence-electron chi connectivity index (χ0n) is 16.9. The summed E-state index contributed by atoms with van der Waals surface area (Å²) in [5.74, 6) is 0.432. The Morgan fingerprint density at radius 2 is 1.89 bits per heavy atom. The van der Waals surface area contributed by atoms with Gasteiger partial charge in [0.2, 0.25) is 5.96 Å². The standard InChI is InChI=1S/C21H25N5O2/c1-7-14(4)26-19(27)17-18(23(6)21(26)28)22-20-24(17)11-15(5)25(20)16-9-8-12(2)13(3)10-16/h7-11,14,17-18H,1H2,2-6H3. The summed E-state index contributed by atoms with van der Waals surface area (Å²) in [5.41, 5.74) is 4.39. The number of nitrogens with zero attached hydrogens (tertiary/aromatic N) is 5. The maximum atomic E-state index is 13.2. The van der Waals surface area contributed by atoms with Crippen molar-refractivity contribution in [1.82, 2.24) is 14.7 Å². The molecule has 3 unspecified atom stereocenters. The van der Waals surface area contributed by atoms with E-state index in [-0.39, 0.29) is 18.0 Å². The van der Waals surface area contributed by atoms with Gasteiger partial charge in [-0.15, -0.1) is 6.58 Å². The van der Waals surface area contributed by atoms with Crippen LogP contribution >= 0.6 is 0 Å². The number of guanidine groups is 1. The third-order valence-electron chi connectivity index (χ3n) is 5.83. The SMILES string of the molecule is C=CC(C)N1C(=O)C2C(N=C3N(c4ccc(C)c(C)c4)C(C)=CN32)N(C)C1=O. The highest BCUT2D eigenvalue weighted by Crippen LogP contribution is 2.37. The number of imide groups is 1. The minimum absolute atomic E-state index is 0.245. The number of anilines is 1. The second-order valence-corrected chi connectivity index (χ2v) is 7.65. The predicted octanol–water partition coefficient (Wildman–Crippen LogP) is 2.82. The molecule has 0 bridgehead atoms. The average molecular weight is 379 g/mol. The minimum atomic E-state index is -0.563. The molecule has 7 nitrogen and oxygen atoms in total. The van der Waals surface area contributed by atoms with E-state index >= 15 is 0 Å². The molecule has 0 spiro atoms. The van der Waals surface area contributed by atoms with E-state index in [0.717, 1.165) is 11.4 Å². The van der Waals surface area contributed by atoms with Crippen LogP contribution in [-0.2, 0) is 4.79 Å². The Kier molecular flexibility index (Phi) is 4.06. The molecule has 28 heavy (non-hydrogen) atoms. The molecule has 4 rings (SSSR count). The number of hydrogen-bond acceptors (Lipinski definition) is 5. The molecule has 3 amide bonds. The lowest BCUT2D eigenvalue weighted by atomic mass is 10.1. The number of aliphatic imine (C=N–C) groups is 1. The number of fused-ring (bicyclic) bond motifs is 3. The van der Waals surface area contributed by atoms with Gasteiger partial charge in [-0.3, -0.25) is 14.6 Å². The lowest BCUT2D eigenvalue weighted by Gasteiger charge is -2.41. The van der Waals surface area contributed by atoms with Gasteiger partial charge >= 0.3 is 6.03 Å². The molecule has 1 aromatic carbocycles. The Morgan fingerprint density at radius 3 is 2.54 bits per heavy atom. The molecule has 3 aliphatic rings. The molecule has 0 radical (unpaired) electrons. The number of carbonyl (C=O) groups excluding carboxylic acids is 2. The molecule has 1 saturated heterocycles. The molecule has 146 valence electrons. The number of urea groups is 1. The second-order valence-electron chi connectivity index (χ2n) is 7.65. The first-order valence-corrected chi connectivity index (χ1v) is 9.40. The predicted molar refractivity (Wildman–Crippen MR) is 109 cm³/mol. The molecule has 0 N–H and O–H groups in total. The molecule has 7 heteroatoms. The molecule has 0 saturated carbocycles. The summed E-state index contributed by atoms with van der Waals surface area (Å²) < 4.78 is 0.